The zero-order chi connectivity index (χ0) is 18.6. The van der Waals surface area contributed by atoms with Crippen molar-refractivity contribution >= 4 is 23.5 Å². The summed E-state index contributed by atoms with van der Waals surface area (Å²) in [6, 6.07) is 4.35. The van der Waals surface area contributed by atoms with Crippen LogP contribution in [0.15, 0.2) is 23.2 Å². The molecule has 2 amide bonds. The maximum atomic E-state index is 14.7. The van der Waals surface area contributed by atoms with Gasteiger partial charge in [-0.2, -0.15) is 0 Å². The van der Waals surface area contributed by atoms with E-state index in [0.29, 0.717) is 5.69 Å². The maximum absolute atomic E-state index is 14.7. The van der Waals surface area contributed by atoms with Gasteiger partial charge in [-0.15, -0.1) is 0 Å². The van der Waals surface area contributed by atoms with Crippen LogP contribution in [0, 0.1) is 17.2 Å². The van der Waals surface area contributed by atoms with E-state index < -0.39 is 16.8 Å². The lowest BCUT2D eigenvalue weighted by Crippen LogP contribution is -2.58. The third kappa shape index (κ3) is 2.67. The van der Waals surface area contributed by atoms with Gasteiger partial charge in [0.25, 0.3) is 0 Å². The van der Waals surface area contributed by atoms with Crippen LogP contribution in [0.2, 0.25) is 0 Å². The van der Waals surface area contributed by atoms with Gasteiger partial charge in [0.05, 0.1) is 5.41 Å². The fraction of sp³-hybridized carbons (Fsp3) is 0.500. The first-order chi connectivity index (χ1) is 11.6. The number of guanidine groups is 1. The fourth-order valence-corrected chi connectivity index (χ4v) is 3.14. The molecule has 3 rings (SSSR count). The predicted molar refractivity (Wildman–Crippen MR) is 93.3 cm³/mol. The molecule has 2 aliphatic rings. The monoisotopic (exact) mass is 346 g/mol. The summed E-state index contributed by atoms with van der Waals surface area (Å²) in [6.07, 6.45) is 1.76. The second kappa shape index (κ2) is 5.54. The molecule has 1 saturated carbocycles. The molecular formula is C18H23FN4O2. The van der Waals surface area contributed by atoms with Crippen LogP contribution in [0.1, 0.15) is 39.2 Å². The zero-order valence-corrected chi connectivity index (χ0v) is 14.9. The summed E-state index contributed by atoms with van der Waals surface area (Å²) >= 11 is 0. The van der Waals surface area contributed by atoms with Crippen molar-refractivity contribution in [2.45, 2.75) is 39.2 Å². The van der Waals surface area contributed by atoms with E-state index >= 15 is 0 Å². The Balaban J connectivity index is 2.07. The number of hydrogen-bond donors (Lipinski definition) is 2. The summed E-state index contributed by atoms with van der Waals surface area (Å²) in [4.78, 5) is 30.4. The average Bonchev–Trinajstić information content (AvgIpc) is 3.38. The number of benzene rings is 1. The number of carbonyl (C=O) groups is 2. The summed E-state index contributed by atoms with van der Waals surface area (Å²) < 4.78 is 14.7. The van der Waals surface area contributed by atoms with E-state index in [-0.39, 0.29) is 29.3 Å². The maximum Gasteiger partial charge on any atom is 0.237 e. The summed E-state index contributed by atoms with van der Waals surface area (Å²) in [5.41, 5.74) is 4.41. The number of aliphatic imine (C=N–C) groups is 1. The third-order valence-electron chi connectivity index (χ3n) is 5.44. The van der Waals surface area contributed by atoms with Gasteiger partial charge in [0.2, 0.25) is 11.8 Å². The lowest BCUT2D eigenvalue weighted by Gasteiger charge is -2.46. The van der Waals surface area contributed by atoms with E-state index in [2.05, 4.69) is 10.3 Å². The van der Waals surface area contributed by atoms with Crippen molar-refractivity contribution in [2.75, 3.05) is 12.4 Å². The first-order valence-corrected chi connectivity index (χ1v) is 8.32. The topological polar surface area (TPSA) is 87.8 Å². The van der Waals surface area contributed by atoms with Crippen molar-refractivity contribution < 1.29 is 14.0 Å². The summed E-state index contributed by atoms with van der Waals surface area (Å²) in [5.74, 6) is -0.717. The average molecular weight is 346 g/mol. The van der Waals surface area contributed by atoms with Crippen molar-refractivity contribution in [3.8, 4) is 0 Å². The molecule has 3 N–H and O–H groups in total. The smallest absolute Gasteiger partial charge is 0.237 e. The standard InChI is InChI=1S/C18H23FN4O2/c1-17(2)15(25)23(4)16(20)22-18(17,3)12-9-11(7-8-13(12)19)21-14(24)10-5-6-10/h7-10H,5-6H2,1-4H3,(H2,20,22)(H,21,24). The normalized spacial score (nSPS) is 25.6. The molecule has 7 heteroatoms. The fourth-order valence-electron chi connectivity index (χ4n) is 3.14. The molecule has 1 fully saturated rings. The highest BCUT2D eigenvalue weighted by atomic mass is 19.1. The van der Waals surface area contributed by atoms with Crippen LogP contribution >= 0.6 is 0 Å². The van der Waals surface area contributed by atoms with Crippen molar-refractivity contribution in [1.82, 2.24) is 4.90 Å². The number of hydrogen-bond acceptors (Lipinski definition) is 4. The third-order valence-corrected chi connectivity index (χ3v) is 5.44. The zero-order valence-electron chi connectivity index (χ0n) is 14.9. The second-order valence-electron chi connectivity index (χ2n) is 7.49. The molecule has 0 radical (unpaired) electrons. The van der Waals surface area contributed by atoms with E-state index in [1.165, 1.54) is 17.0 Å². The van der Waals surface area contributed by atoms with Gasteiger partial charge in [0.1, 0.15) is 11.4 Å². The van der Waals surface area contributed by atoms with Crippen LogP contribution < -0.4 is 11.1 Å². The number of nitrogens with two attached hydrogens (primary N) is 1. The number of nitrogens with zero attached hydrogens (tertiary/aromatic N) is 2. The Hall–Kier alpha value is -2.44. The van der Waals surface area contributed by atoms with Gasteiger partial charge in [0, 0.05) is 24.2 Å². The summed E-state index contributed by atoms with van der Waals surface area (Å²) in [7, 11) is 1.55. The largest absolute Gasteiger partial charge is 0.369 e. The number of carbonyl (C=O) groups excluding carboxylic acids is 2. The number of nitrogens with one attached hydrogen (secondary N) is 1. The van der Waals surface area contributed by atoms with Crippen LogP contribution in [0.3, 0.4) is 0 Å². The summed E-state index contributed by atoms with van der Waals surface area (Å²) in [5, 5.41) is 2.81. The van der Waals surface area contributed by atoms with Crippen LogP contribution in [-0.4, -0.2) is 29.7 Å². The minimum atomic E-state index is -1.19. The highest BCUT2D eigenvalue weighted by Crippen LogP contribution is 2.47. The minimum absolute atomic E-state index is 0.0404. The van der Waals surface area contributed by atoms with Crippen molar-refractivity contribution in [3.63, 3.8) is 0 Å². The highest BCUT2D eigenvalue weighted by Gasteiger charge is 2.53. The van der Waals surface area contributed by atoms with Crippen LogP contribution in [0.5, 0.6) is 0 Å². The lowest BCUT2D eigenvalue weighted by atomic mass is 9.67. The molecule has 0 saturated heterocycles. The molecule has 1 aromatic rings. The molecule has 1 aliphatic carbocycles. The number of anilines is 1. The molecule has 25 heavy (non-hydrogen) atoms. The Morgan fingerprint density at radius 3 is 2.60 bits per heavy atom. The Bertz CT molecular complexity index is 785. The van der Waals surface area contributed by atoms with Crippen LogP contribution in [-0.2, 0) is 15.1 Å². The lowest BCUT2D eigenvalue weighted by molar-refractivity contribution is -0.140. The van der Waals surface area contributed by atoms with Gasteiger partial charge >= 0.3 is 0 Å². The van der Waals surface area contributed by atoms with Gasteiger partial charge in [-0.05, 0) is 51.8 Å². The molecule has 0 aromatic heterocycles. The molecule has 1 aromatic carbocycles. The molecule has 6 nitrogen and oxygen atoms in total. The number of halogens is 1. The molecule has 1 atom stereocenters. The van der Waals surface area contributed by atoms with Crippen LogP contribution in [0.25, 0.3) is 0 Å². The molecular weight excluding hydrogens is 323 g/mol. The first-order valence-electron chi connectivity index (χ1n) is 8.32. The molecule has 0 spiro atoms. The molecule has 1 aliphatic heterocycles. The Morgan fingerprint density at radius 2 is 2.00 bits per heavy atom. The van der Waals surface area contributed by atoms with E-state index in [1.807, 2.05) is 0 Å². The number of rotatable bonds is 3. The molecule has 134 valence electrons. The van der Waals surface area contributed by atoms with E-state index in [9.17, 15) is 14.0 Å². The quantitative estimate of drug-likeness (QED) is 0.879. The van der Waals surface area contributed by atoms with Crippen molar-refractivity contribution in [2.24, 2.45) is 22.1 Å². The van der Waals surface area contributed by atoms with Crippen molar-refractivity contribution in [1.29, 1.82) is 0 Å². The Morgan fingerprint density at radius 1 is 1.36 bits per heavy atom. The SMILES string of the molecule is CN1C(=O)C(C)(C)C(C)(c2cc(NC(=O)C3CC3)ccc2F)N=C1N. The van der Waals surface area contributed by atoms with E-state index in [1.54, 1.807) is 33.9 Å². The molecule has 1 heterocycles. The predicted octanol–water partition coefficient (Wildman–Crippen LogP) is 2.20. The first kappa shape index (κ1) is 17.4. The van der Waals surface area contributed by atoms with Gasteiger partial charge in [0.15, 0.2) is 5.96 Å². The van der Waals surface area contributed by atoms with Gasteiger partial charge in [-0.3, -0.25) is 14.5 Å². The molecule has 0 bridgehead atoms. The number of amides is 2. The van der Waals surface area contributed by atoms with E-state index in [0.717, 1.165) is 12.8 Å². The Kier molecular flexibility index (Phi) is 3.85. The van der Waals surface area contributed by atoms with Gasteiger partial charge < -0.3 is 11.1 Å². The van der Waals surface area contributed by atoms with Crippen LogP contribution in [0.4, 0.5) is 10.1 Å². The Labute approximate surface area is 146 Å². The van der Waals surface area contributed by atoms with Gasteiger partial charge in [-0.25, -0.2) is 9.38 Å². The summed E-state index contributed by atoms with van der Waals surface area (Å²) in [6.45, 7) is 5.13. The molecule has 1 unspecified atom stereocenters. The minimum Gasteiger partial charge on any atom is -0.369 e. The van der Waals surface area contributed by atoms with Crippen molar-refractivity contribution in [3.05, 3.63) is 29.6 Å². The van der Waals surface area contributed by atoms with E-state index in [4.69, 9.17) is 5.73 Å². The second-order valence-corrected chi connectivity index (χ2v) is 7.49. The van der Waals surface area contributed by atoms with Gasteiger partial charge in [-0.1, -0.05) is 0 Å². The highest BCUT2D eigenvalue weighted by molar-refractivity contribution is 6.01.